The van der Waals surface area contributed by atoms with Crippen molar-refractivity contribution in [2.75, 3.05) is 45.9 Å². The lowest BCUT2D eigenvalue weighted by molar-refractivity contribution is 0.0280. The smallest absolute Gasteiger partial charge is 0.289 e. The molecule has 29 heavy (non-hydrogen) atoms. The first-order valence-electron chi connectivity index (χ1n) is 10.8. The number of piperazine rings is 1. The number of nitrogens with zero attached hydrogens (tertiary/aromatic N) is 3. The first-order chi connectivity index (χ1) is 13.8. The molecule has 1 amide bonds. The molecule has 0 bridgehead atoms. The molecular formula is C21H35IN4O3. The summed E-state index contributed by atoms with van der Waals surface area (Å²) in [5.74, 6) is 1.31. The van der Waals surface area contributed by atoms with Gasteiger partial charge in [0.25, 0.3) is 5.91 Å². The molecule has 1 saturated heterocycles. The van der Waals surface area contributed by atoms with E-state index in [2.05, 4.69) is 17.1 Å². The summed E-state index contributed by atoms with van der Waals surface area (Å²) >= 11 is 0. The average molecular weight is 518 g/mol. The van der Waals surface area contributed by atoms with Gasteiger partial charge in [-0.25, -0.2) is 0 Å². The van der Waals surface area contributed by atoms with Gasteiger partial charge in [-0.1, -0.05) is 19.3 Å². The molecule has 0 unspecified atom stereocenters. The molecule has 7 nitrogen and oxygen atoms in total. The number of amides is 1. The number of aliphatic imine (C=N–C) groups is 1. The first-order valence-corrected chi connectivity index (χ1v) is 10.8. The minimum Gasteiger partial charge on any atom is -0.459 e. The normalized spacial score (nSPS) is 18.4. The van der Waals surface area contributed by atoms with Crippen molar-refractivity contribution in [3.8, 4) is 0 Å². The highest BCUT2D eigenvalue weighted by Gasteiger charge is 2.25. The molecule has 3 rings (SSSR count). The summed E-state index contributed by atoms with van der Waals surface area (Å²) in [5.41, 5.74) is 0. The maximum absolute atomic E-state index is 12.4. The highest BCUT2D eigenvalue weighted by atomic mass is 127. The van der Waals surface area contributed by atoms with E-state index in [1.54, 1.807) is 12.1 Å². The zero-order valence-electron chi connectivity index (χ0n) is 17.5. The number of ether oxygens (including phenoxy) is 1. The van der Waals surface area contributed by atoms with Crippen LogP contribution in [0.3, 0.4) is 0 Å². The van der Waals surface area contributed by atoms with Gasteiger partial charge in [-0.3, -0.25) is 9.79 Å². The highest BCUT2D eigenvalue weighted by molar-refractivity contribution is 14.0. The van der Waals surface area contributed by atoms with E-state index in [1.807, 2.05) is 4.90 Å². The molecule has 2 fully saturated rings. The lowest BCUT2D eigenvalue weighted by Crippen LogP contribution is -2.53. The molecule has 0 atom stereocenters. The molecule has 1 N–H and O–H groups in total. The summed E-state index contributed by atoms with van der Waals surface area (Å²) in [4.78, 5) is 21.2. The van der Waals surface area contributed by atoms with Crippen LogP contribution >= 0.6 is 24.0 Å². The first kappa shape index (κ1) is 24.0. The molecule has 1 aliphatic heterocycles. The van der Waals surface area contributed by atoms with Gasteiger partial charge in [0, 0.05) is 45.9 Å². The minimum absolute atomic E-state index is 0. The second-order valence-corrected chi connectivity index (χ2v) is 7.48. The molecule has 1 aromatic rings. The topological polar surface area (TPSA) is 70.3 Å². The summed E-state index contributed by atoms with van der Waals surface area (Å²) < 4.78 is 11.2. The summed E-state index contributed by atoms with van der Waals surface area (Å²) in [5, 5.41) is 3.38. The van der Waals surface area contributed by atoms with Gasteiger partial charge in [0.1, 0.15) is 0 Å². The van der Waals surface area contributed by atoms with Crippen molar-refractivity contribution in [3.63, 3.8) is 0 Å². The third-order valence-electron chi connectivity index (χ3n) is 5.40. The van der Waals surface area contributed by atoms with Crippen molar-refractivity contribution in [2.45, 2.75) is 51.6 Å². The van der Waals surface area contributed by atoms with Crippen LogP contribution in [0.4, 0.5) is 0 Å². The summed E-state index contributed by atoms with van der Waals surface area (Å²) in [6.07, 6.45) is 9.35. The molecule has 1 saturated carbocycles. The van der Waals surface area contributed by atoms with E-state index in [4.69, 9.17) is 14.1 Å². The Morgan fingerprint density at radius 2 is 1.93 bits per heavy atom. The Hall–Kier alpha value is -1.29. The molecule has 1 aromatic heterocycles. The predicted molar refractivity (Wildman–Crippen MR) is 125 cm³/mol. The standard InChI is InChI=1S/C21H34N4O3.HI/c1-2-22-21(23-11-7-17-27-18-8-4-3-5-9-18)25-14-12-24(13-15-25)20(26)19-10-6-16-28-19;/h6,10,16,18H,2-5,7-9,11-15,17H2,1H3,(H,22,23);1H. The number of hydrogen-bond acceptors (Lipinski definition) is 4. The quantitative estimate of drug-likeness (QED) is 0.260. The SMILES string of the molecule is CCNC(=NCCCOC1CCCCC1)N1CCN(C(=O)c2ccco2)CC1.I. The van der Waals surface area contributed by atoms with E-state index in [1.165, 1.54) is 38.4 Å². The van der Waals surface area contributed by atoms with Crippen molar-refractivity contribution in [1.29, 1.82) is 0 Å². The number of carbonyl (C=O) groups is 1. The van der Waals surface area contributed by atoms with Gasteiger partial charge in [0.15, 0.2) is 11.7 Å². The minimum atomic E-state index is -0.0357. The van der Waals surface area contributed by atoms with Gasteiger partial charge in [0.2, 0.25) is 0 Å². The number of halogens is 1. The van der Waals surface area contributed by atoms with Gasteiger partial charge in [-0.05, 0) is 38.3 Å². The fourth-order valence-corrected chi connectivity index (χ4v) is 3.83. The molecule has 8 heteroatoms. The third kappa shape index (κ3) is 7.47. The van der Waals surface area contributed by atoms with Gasteiger partial charge in [-0.2, -0.15) is 0 Å². The zero-order chi connectivity index (χ0) is 19.6. The van der Waals surface area contributed by atoms with Gasteiger partial charge < -0.3 is 24.3 Å². The average Bonchev–Trinajstić information content (AvgIpc) is 3.28. The molecule has 2 aliphatic rings. The molecule has 2 heterocycles. The van der Waals surface area contributed by atoms with E-state index in [0.29, 0.717) is 25.0 Å². The lowest BCUT2D eigenvalue weighted by atomic mass is 9.98. The van der Waals surface area contributed by atoms with Crippen LogP contribution in [-0.2, 0) is 4.74 Å². The number of carbonyl (C=O) groups excluding carboxylic acids is 1. The Kier molecular flexibility index (Phi) is 10.8. The Morgan fingerprint density at radius 3 is 2.59 bits per heavy atom. The number of rotatable bonds is 7. The Morgan fingerprint density at radius 1 is 1.21 bits per heavy atom. The van der Waals surface area contributed by atoms with E-state index in [0.717, 1.165) is 45.2 Å². The number of nitrogens with one attached hydrogen (secondary N) is 1. The summed E-state index contributed by atoms with van der Waals surface area (Å²) in [6, 6.07) is 3.47. The molecule has 1 aliphatic carbocycles. The number of furan rings is 1. The lowest BCUT2D eigenvalue weighted by Gasteiger charge is -2.36. The van der Waals surface area contributed by atoms with Crippen LogP contribution in [0, 0.1) is 0 Å². The number of hydrogen-bond donors (Lipinski definition) is 1. The van der Waals surface area contributed by atoms with Crippen LogP contribution in [0.25, 0.3) is 0 Å². The third-order valence-corrected chi connectivity index (χ3v) is 5.40. The summed E-state index contributed by atoms with van der Waals surface area (Å²) in [6.45, 7) is 7.37. The monoisotopic (exact) mass is 518 g/mol. The second kappa shape index (κ2) is 13.1. The largest absolute Gasteiger partial charge is 0.459 e. The van der Waals surface area contributed by atoms with Crippen LogP contribution in [-0.4, -0.2) is 73.6 Å². The van der Waals surface area contributed by atoms with E-state index < -0.39 is 0 Å². The fraction of sp³-hybridized carbons (Fsp3) is 0.714. The molecular weight excluding hydrogens is 483 g/mol. The van der Waals surface area contributed by atoms with Crippen molar-refractivity contribution in [1.82, 2.24) is 15.1 Å². The van der Waals surface area contributed by atoms with Crippen LogP contribution in [0.15, 0.2) is 27.8 Å². The molecule has 0 aromatic carbocycles. The second-order valence-electron chi connectivity index (χ2n) is 7.48. The van der Waals surface area contributed by atoms with E-state index in [9.17, 15) is 4.79 Å². The van der Waals surface area contributed by atoms with Gasteiger partial charge in [-0.15, -0.1) is 24.0 Å². The predicted octanol–water partition coefficient (Wildman–Crippen LogP) is 3.36. The van der Waals surface area contributed by atoms with Crippen molar-refractivity contribution in [2.24, 2.45) is 4.99 Å². The molecule has 0 radical (unpaired) electrons. The van der Waals surface area contributed by atoms with Crippen molar-refractivity contribution < 1.29 is 13.9 Å². The number of guanidine groups is 1. The van der Waals surface area contributed by atoms with Crippen LogP contribution in [0.1, 0.15) is 56.0 Å². The fourth-order valence-electron chi connectivity index (χ4n) is 3.83. The maximum atomic E-state index is 12.4. The van der Waals surface area contributed by atoms with Crippen molar-refractivity contribution in [3.05, 3.63) is 24.2 Å². The maximum Gasteiger partial charge on any atom is 0.289 e. The Balaban J connectivity index is 0.00000300. The van der Waals surface area contributed by atoms with Crippen LogP contribution < -0.4 is 5.32 Å². The molecule has 0 spiro atoms. The Labute approximate surface area is 191 Å². The van der Waals surface area contributed by atoms with E-state index in [-0.39, 0.29) is 29.9 Å². The Bertz CT molecular complexity index is 609. The van der Waals surface area contributed by atoms with E-state index >= 15 is 0 Å². The zero-order valence-corrected chi connectivity index (χ0v) is 19.8. The van der Waals surface area contributed by atoms with Gasteiger partial charge >= 0.3 is 0 Å². The summed E-state index contributed by atoms with van der Waals surface area (Å²) in [7, 11) is 0. The van der Waals surface area contributed by atoms with Gasteiger partial charge in [0.05, 0.1) is 12.4 Å². The molecule has 164 valence electrons. The highest BCUT2D eigenvalue weighted by Crippen LogP contribution is 2.20. The van der Waals surface area contributed by atoms with Crippen molar-refractivity contribution >= 4 is 35.8 Å². The van der Waals surface area contributed by atoms with Crippen LogP contribution in [0.5, 0.6) is 0 Å². The van der Waals surface area contributed by atoms with Crippen LogP contribution in [0.2, 0.25) is 0 Å².